The zero-order chi connectivity index (χ0) is 19.7. The van der Waals surface area contributed by atoms with Gasteiger partial charge in [0.1, 0.15) is 0 Å². The Bertz CT molecular complexity index is 874. The largest absolute Gasteiger partial charge is 0.352 e. The Balaban J connectivity index is 1.59. The summed E-state index contributed by atoms with van der Waals surface area (Å²) in [4.78, 5) is 29.2. The molecule has 1 fully saturated rings. The van der Waals surface area contributed by atoms with Crippen molar-refractivity contribution in [1.82, 2.24) is 14.4 Å². The van der Waals surface area contributed by atoms with Crippen LogP contribution in [-0.4, -0.2) is 52.4 Å². The summed E-state index contributed by atoms with van der Waals surface area (Å²) >= 11 is 0. The van der Waals surface area contributed by atoms with E-state index in [4.69, 9.17) is 0 Å². The molecule has 2 amide bonds. The summed E-state index contributed by atoms with van der Waals surface area (Å²) in [5, 5.41) is 0. The maximum absolute atomic E-state index is 12.7. The molecule has 1 aliphatic rings. The highest BCUT2D eigenvalue weighted by atomic mass is 16.2. The van der Waals surface area contributed by atoms with Gasteiger partial charge in [-0.25, -0.2) is 0 Å². The van der Waals surface area contributed by atoms with E-state index in [-0.39, 0.29) is 11.8 Å². The predicted molar refractivity (Wildman–Crippen MR) is 107 cm³/mol. The highest BCUT2D eigenvalue weighted by molar-refractivity contribution is 5.94. The lowest BCUT2D eigenvalue weighted by Gasteiger charge is -2.35. The maximum Gasteiger partial charge on any atom is 0.253 e. The molecule has 0 saturated carbocycles. The Morgan fingerprint density at radius 1 is 0.889 bits per heavy atom. The van der Waals surface area contributed by atoms with Gasteiger partial charge < -0.3 is 14.4 Å². The van der Waals surface area contributed by atoms with Crippen LogP contribution in [0.4, 0.5) is 0 Å². The monoisotopic (exact) mass is 367 g/mol. The normalized spacial score (nSPS) is 14.6. The Labute approximate surface area is 161 Å². The minimum atomic E-state index is 0.0553. The van der Waals surface area contributed by atoms with Crippen LogP contribution in [-0.2, 0) is 18.3 Å². The SMILES string of the molecule is Cc1ccc(C(=O)N2CCN(C(=O)Cc3cc(C)n(C)c3C)CC2)cc1C. The predicted octanol–water partition coefficient (Wildman–Crippen LogP) is 2.79. The molecule has 0 bridgehead atoms. The zero-order valence-corrected chi connectivity index (χ0v) is 17.0. The minimum Gasteiger partial charge on any atom is -0.352 e. The van der Waals surface area contributed by atoms with Gasteiger partial charge in [-0.2, -0.15) is 0 Å². The number of hydrogen-bond acceptors (Lipinski definition) is 2. The van der Waals surface area contributed by atoms with Crippen LogP contribution in [0.1, 0.15) is 38.4 Å². The fraction of sp³-hybridized carbons (Fsp3) is 0.455. The summed E-state index contributed by atoms with van der Waals surface area (Å²) < 4.78 is 2.11. The van der Waals surface area contributed by atoms with Crippen LogP contribution in [0.2, 0.25) is 0 Å². The molecular weight excluding hydrogens is 338 g/mol. The summed E-state index contributed by atoms with van der Waals surface area (Å²) in [5.74, 6) is 0.196. The molecule has 0 unspecified atom stereocenters. The standard InChI is InChI=1S/C22H29N3O2/c1-15-6-7-19(12-16(15)2)22(27)25-10-8-24(9-11-25)21(26)14-20-13-17(3)23(5)18(20)4/h6-7,12-13H,8-11,14H2,1-5H3. The van der Waals surface area contributed by atoms with E-state index in [2.05, 4.69) is 24.5 Å². The first-order chi connectivity index (χ1) is 12.8. The number of benzene rings is 1. The highest BCUT2D eigenvalue weighted by Gasteiger charge is 2.25. The van der Waals surface area contributed by atoms with Gasteiger partial charge in [0.25, 0.3) is 5.91 Å². The number of hydrogen-bond donors (Lipinski definition) is 0. The van der Waals surface area contributed by atoms with Crippen molar-refractivity contribution in [3.8, 4) is 0 Å². The molecule has 1 aliphatic heterocycles. The third kappa shape index (κ3) is 3.92. The van der Waals surface area contributed by atoms with Gasteiger partial charge in [-0.3, -0.25) is 9.59 Å². The van der Waals surface area contributed by atoms with Crippen LogP contribution < -0.4 is 0 Å². The molecule has 27 heavy (non-hydrogen) atoms. The fourth-order valence-corrected chi connectivity index (χ4v) is 3.60. The molecule has 5 heteroatoms. The molecule has 1 aromatic carbocycles. The lowest BCUT2D eigenvalue weighted by atomic mass is 10.1. The maximum atomic E-state index is 12.7. The van der Waals surface area contributed by atoms with Crippen molar-refractivity contribution in [2.75, 3.05) is 26.2 Å². The topological polar surface area (TPSA) is 45.6 Å². The van der Waals surface area contributed by atoms with Gasteiger partial charge in [0, 0.05) is 50.2 Å². The number of aryl methyl sites for hydroxylation is 3. The van der Waals surface area contributed by atoms with Crippen LogP contribution in [0.5, 0.6) is 0 Å². The number of carbonyl (C=O) groups is 2. The van der Waals surface area contributed by atoms with E-state index in [1.165, 1.54) is 11.3 Å². The van der Waals surface area contributed by atoms with Gasteiger partial charge in [-0.05, 0) is 62.6 Å². The fourth-order valence-electron chi connectivity index (χ4n) is 3.60. The summed E-state index contributed by atoms with van der Waals surface area (Å²) in [6.07, 6.45) is 0.429. The van der Waals surface area contributed by atoms with E-state index < -0.39 is 0 Å². The van der Waals surface area contributed by atoms with Gasteiger partial charge >= 0.3 is 0 Å². The van der Waals surface area contributed by atoms with Gasteiger partial charge in [0.15, 0.2) is 0 Å². The van der Waals surface area contributed by atoms with Crippen molar-refractivity contribution in [2.24, 2.45) is 7.05 Å². The van der Waals surface area contributed by atoms with Crippen molar-refractivity contribution in [1.29, 1.82) is 0 Å². The van der Waals surface area contributed by atoms with E-state index in [9.17, 15) is 9.59 Å². The Kier molecular flexibility index (Phi) is 5.40. The first kappa shape index (κ1) is 19.2. The first-order valence-corrected chi connectivity index (χ1v) is 9.54. The second kappa shape index (κ2) is 7.59. The number of piperazine rings is 1. The van der Waals surface area contributed by atoms with Crippen molar-refractivity contribution in [3.63, 3.8) is 0 Å². The molecule has 0 atom stereocenters. The smallest absolute Gasteiger partial charge is 0.253 e. The van der Waals surface area contributed by atoms with E-state index in [0.717, 1.165) is 22.4 Å². The number of carbonyl (C=O) groups excluding carboxylic acids is 2. The van der Waals surface area contributed by atoms with E-state index in [0.29, 0.717) is 32.6 Å². The van der Waals surface area contributed by atoms with Crippen molar-refractivity contribution >= 4 is 11.8 Å². The Morgan fingerprint density at radius 2 is 1.52 bits per heavy atom. The molecule has 0 N–H and O–H groups in total. The lowest BCUT2D eigenvalue weighted by molar-refractivity contribution is -0.131. The van der Waals surface area contributed by atoms with E-state index in [1.54, 1.807) is 0 Å². The summed E-state index contributed by atoms with van der Waals surface area (Å²) in [5.41, 5.74) is 6.45. The van der Waals surface area contributed by atoms with Crippen LogP contribution >= 0.6 is 0 Å². The minimum absolute atomic E-state index is 0.0553. The average molecular weight is 367 g/mol. The molecule has 2 heterocycles. The average Bonchev–Trinajstić information content (AvgIpc) is 2.90. The van der Waals surface area contributed by atoms with Gasteiger partial charge in [0.2, 0.25) is 5.91 Å². The second-order valence-electron chi connectivity index (χ2n) is 7.60. The van der Waals surface area contributed by atoms with Crippen molar-refractivity contribution in [3.05, 3.63) is 57.9 Å². The van der Waals surface area contributed by atoms with Crippen LogP contribution in [0.15, 0.2) is 24.3 Å². The van der Waals surface area contributed by atoms with E-state index >= 15 is 0 Å². The molecule has 1 saturated heterocycles. The summed E-state index contributed by atoms with van der Waals surface area (Å²) in [7, 11) is 2.02. The zero-order valence-electron chi connectivity index (χ0n) is 17.0. The molecule has 2 aromatic rings. The second-order valence-corrected chi connectivity index (χ2v) is 7.60. The molecular formula is C22H29N3O2. The van der Waals surface area contributed by atoms with E-state index in [1.807, 2.05) is 48.9 Å². The molecule has 3 rings (SSSR count). The van der Waals surface area contributed by atoms with Gasteiger partial charge in [-0.1, -0.05) is 6.07 Å². The molecule has 0 radical (unpaired) electrons. The van der Waals surface area contributed by atoms with Crippen LogP contribution in [0.3, 0.4) is 0 Å². The van der Waals surface area contributed by atoms with Crippen molar-refractivity contribution in [2.45, 2.75) is 34.1 Å². The Morgan fingerprint density at radius 3 is 2.07 bits per heavy atom. The highest BCUT2D eigenvalue weighted by Crippen LogP contribution is 2.17. The van der Waals surface area contributed by atoms with Gasteiger partial charge in [-0.15, -0.1) is 0 Å². The number of rotatable bonds is 3. The third-order valence-electron chi connectivity index (χ3n) is 5.90. The summed E-state index contributed by atoms with van der Waals surface area (Å²) in [6.45, 7) is 10.5. The molecule has 144 valence electrons. The van der Waals surface area contributed by atoms with Gasteiger partial charge in [0.05, 0.1) is 6.42 Å². The number of nitrogens with zero attached hydrogens (tertiary/aromatic N) is 3. The number of amides is 2. The molecule has 1 aromatic heterocycles. The number of aromatic nitrogens is 1. The molecule has 5 nitrogen and oxygen atoms in total. The van der Waals surface area contributed by atoms with Crippen LogP contribution in [0, 0.1) is 27.7 Å². The Hall–Kier alpha value is -2.56. The van der Waals surface area contributed by atoms with Crippen molar-refractivity contribution < 1.29 is 9.59 Å². The lowest BCUT2D eigenvalue weighted by Crippen LogP contribution is -2.51. The van der Waals surface area contributed by atoms with Crippen LogP contribution in [0.25, 0.3) is 0 Å². The first-order valence-electron chi connectivity index (χ1n) is 9.54. The third-order valence-corrected chi connectivity index (χ3v) is 5.90. The molecule has 0 aliphatic carbocycles. The quantitative estimate of drug-likeness (QED) is 0.837. The molecule has 0 spiro atoms. The summed E-state index contributed by atoms with van der Waals surface area (Å²) in [6, 6.07) is 7.93.